The summed E-state index contributed by atoms with van der Waals surface area (Å²) in [6.45, 7) is 9.93. The second-order valence-electron chi connectivity index (χ2n) is 5.70. The molecule has 0 fully saturated rings. The lowest BCUT2D eigenvalue weighted by atomic mass is 9.99. The van der Waals surface area contributed by atoms with Crippen molar-refractivity contribution in [1.82, 2.24) is 4.90 Å². The summed E-state index contributed by atoms with van der Waals surface area (Å²) in [5.41, 5.74) is 8.33. The Labute approximate surface area is 125 Å². The van der Waals surface area contributed by atoms with Gasteiger partial charge in [-0.05, 0) is 49.9 Å². The van der Waals surface area contributed by atoms with Crippen molar-refractivity contribution in [3.8, 4) is 0 Å². The molecule has 2 nitrogen and oxygen atoms in total. The molecule has 0 saturated heterocycles. The van der Waals surface area contributed by atoms with Crippen molar-refractivity contribution >= 4 is 0 Å². The molecule has 0 radical (unpaired) electrons. The molecule has 0 aliphatic rings. The van der Waals surface area contributed by atoms with Crippen molar-refractivity contribution in [1.29, 1.82) is 0 Å². The molecular formula is C18H32N2. The summed E-state index contributed by atoms with van der Waals surface area (Å²) in [4.78, 5) is 2.68. The SMILES string of the molecule is CCCC(Cc1ccc(CN)cc1)N(CCC)CCC. The van der Waals surface area contributed by atoms with Gasteiger partial charge in [0.2, 0.25) is 0 Å². The first-order chi connectivity index (χ1) is 9.74. The van der Waals surface area contributed by atoms with Gasteiger partial charge in [-0.2, -0.15) is 0 Å². The number of benzene rings is 1. The van der Waals surface area contributed by atoms with Gasteiger partial charge >= 0.3 is 0 Å². The van der Waals surface area contributed by atoms with Gasteiger partial charge in [-0.1, -0.05) is 51.5 Å². The maximum atomic E-state index is 5.67. The van der Waals surface area contributed by atoms with E-state index in [1.165, 1.54) is 56.3 Å². The third-order valence-corrected chi connectivity index (χ3v) is 3.89. The van der Waals surface area contributed by atoms with E-state index in [4.69, 9.17) is 5.73 Å². The van der Waals surface area contributed by atoms with Gasteiger partial charge in [0.15, 0.2) is 0 Å². The fourth-order valence-electron chi connectivity index (χ4n) is 2.88. The number of hydrogen-bond acceptors (Lipinski definition) is 2. The first-order valence-electron chi connectivity index (χ1n) is 8.27. The topological polar surface area (TPSA) is 29.3 Å². The zero-order valence-corrected chi connectivity index (χ0v) is 13.6. The van der Waals surface area contributed by atoms with Gasteiger partial charge in [0.25, 0.3) is 0 Å². The predicted molar refractivity (Wildman–Crippen MR) is 88.9 cm³/mol. The Balaban J connectivity index is 2.72. The van der Waals surface area contributed by atoms with Crippen molar-refractivity contribution in [2.45, 2.75) is 65.5 Å². The minimum Gasteiger partial charge on any atom is -0.326 e. The van der Waals surface area contributed by atoms with Gasteiger partial charge < -0.3 is 10.6 Å². The quantitative estimate of drug-likeness (QED) is 0.700. The molecule has 0 aliphatic heterocycles. The number of nitrogens with zero attached hydrogens (tertiary/aromatic N) is 1. The van der Waals surface area contributed by atoms with Crippen LogP contribution in [0.3, 0.4) is 0 Å². The second kappa shape index (κ2) is 9.95. The summed E-state index contributed by atoms with van der Waals surface area (Å²) in [6.07, 6.45) is 6.20. The average Bonchev–Trinajstić information content (AvgIpc) is 2.47. The van der Waals surface area contributed by atoms with Crippen LogP contribution in [0.25, 0.3) is 0 Å². The minimum absolute atomic E-state index is 0.635. The van der Waals surface area contributed by atoms with Crippen LogP contribution in [0.4, 0.5) is 0 Å². The van der Waals surface area contributed by atoms with Crippen LogP contribution >= 0.6 is 0 Å². The van der Waals surface area contributed by atoms with Gasteiger partial charge in [0.05, 0.1) is 0 Å². The third kappa shape index (κ3) is 5.64. The van der Waals surface area contributed by atoms with Crippen molar-refractivity contribution < 1.29 is 0 Å². The predicted octanol–water partition coefficient (Wildman–Crippen LogP) is 3.98. The molecule has 20 heavy (non-hydrogen) atoms. The minimum atomic E-state index is 0.635. The van der Waals surface area contributed by atoms with E-state index in [9.17, 15) is 0 Å². The lowest BCUT2D eigenvalue weighted by Crippen LogP contribution is -2.38. The van der Waals surface area contributed by atoms with E-state index in [2.05, 4.69) is 49.9 Å². The van der Waals surface area contributed by atoms with Gasteiger partial charge in [-0.25, -0.2) is 0 Å². The van der Waals surface area contributed by atoms with Crippen LogP contribution in [0.2, 0.25) is 0 Å². The lowest BCUT2D eigenvalue weighted by Gasteiger charge is -2.31. The van der Waals surface area contributed by atoms with E-state index in [0.717, 1.165) is 0 Å². The maximum absolute atomic E-state index is 5.67. The molecule has 1 unspecified atom stereocenters. The van der Waals surface area contributed by atoms with Gasteiger partial charge in [-0.15, -0.1) is 0 Å². The third-order valence-electron chi connectivity index (χ3n) is 3.89. The van der Waals surface area contributed by atoms with E-state index in [-0.39, 0.29) is 0 Å². The summed E-state index contributed by atoms with van der Waals surface area (Å²) < 4.78 is 0. The van der Waals surface area contributed by atoms with E-state index >= 15 is 0 Å². The second-order valence-corrected chi connectivity index (χ2v) is 5.70. The maximum Gasteiger partial charge on any atom is 0.0178 e. The first kappa shape index (κ1) is 17.2. The molecule has 1 aromatic carbocycles. The Morgan fingerprint density at radius 1 is 0.900 bits per heavy atom. The smallest absolute Gasteiger partial charge is 0.0178 e. The standard InChI is InChI=1S/C18H32N2/c1-4-7-18(20(12-5-2)13-6-3)14-16-8-10-17(15-19)11-9-16/h8-11,18H,4-7,12-15,19H2,1-3H3. The highest BCUT2D eigenvalue weighted by Crippen LogP contribution is 2.16. The summed E-state index contributed by atoms with van der Waals surface area (Å²) >= 11 is 0. The molecule has 0 spiro atoms. The van der Waals surface area contributed by atoms with Gasteiger partial charge in [0.1, 0.15) is 0 Å². The van der Waals surface area contributed by atoms with Crippen molar-refractivity contribution in [3.63, 3.8) is 0 Å². The van der Waals surface area contributed by atoms with Gasteiger partial charge in [0, 0.05) is 12.6 Å². The number of nitrogens with two attached hydrogens (primary N) is 1. The molecule has 0 aromatic heterocycles. The molecule has 0 bridgehead atoms. The van der Waals surface area contributed by atoms with Crippen LogP contribution in [-0.2, 0) is 13.0 Å². The Hall–Kier alpha value is -0.860. The van der Waals surface area contributed by atoms with E-state index in [0.29, 0.717) is 12.6 Å². The van der Waals surface area contributed by atoms with Gasteiger partial charge in [-0.3, -0.25) is 0 Å². The molecule has 1 atom stereocenters. The lowest BCUT2D eigenvalue weighted by molar-refractivity contribution is 0.184. The number of rotatable bonds is 10. The Morgan fingerprint density at radius 3 is 1.90 bits per heavy atom. The van der Waals surface area contributed by atoms with E-state index in [1.54, 1.807) is 0 Å². The van der Waals surface area contributed by atoms with Crippen LogP contribution in [0.5, 0.6) is 0 Å². The Bertz CT molecular complexity index is 339. The molecule has 2 N–H and O–H groups in total. The monoisotopic (exact) mass is 276 g/mol. The van der Waals surface area contributed by atoms with Crippen molar-refractivity contribution in [2.75, 3.05) is 13.1 Å². The van der Waals surface area contributed by atoms with Crippen molar-refractivity contribution in [2.24, 2.45) is 5.73 Å². The van der Waals surface area contributed by atoms with E-state index < -0.39 is 0 Å². The van der Waals surface area contributed by atoms with E-state index in [1.807, 2.05) is 0 Å². The van der Waals surface area contributed by atoms with Crippen LogP contribution in [-0.4, -0.2) is 24.0 Å². The summed E-state index contributed by atoms with van der Waals surface area (Å²) in [7, 11) is 0. The molecule has 114 valence electrons. The Morgan fingerprint density at radius 2 is 1.45 bits per heavy atom. The van der Waals surface area contributed by atoms with Crippen molar-refractivity contribution in [3.05, 3.63) is 35.4 Å². The summed E-state index contributed by atoms with van der Waals surface area (Å²) in [5, 5.41) is 0. The Kier molecular flexibility index (Phi) is 8.56. The summed E-state index contributed by atoms with van der Waals surface area (Å²) in [5.74, 6) is 0. The molecule has 2 heteroatoms. The highest BCUT2D eigenvalue weighted by Gasteiger charge is 2.16. The van der Waals surface area contributed by atoms with Crippen LogP contribution in [0.1, 0.15) is 57.6 Å². The fourth-order valence-corrected chi connectivity index (χ4v) is 2.88. The highest BCUT2D eigenvalue weighted by atomic mass is 15.1. The molecule has 1 rings (SSSR count). The normalized spacial score (nSPS) is 12.8. The zero-order valence-electron chi connectivity index (χ0n) is 13.6. The zero-order chi connectivity index (χ0) is 14.8. The summed E-state index contributed by atoms with van der Waals surface area (Å²) in [6, 6.07) is 9.52. The molecule has 0 saturated carbocycles. The molecule has 0 amide bonds. The molecule has 1 aromatic rings. The molecular weight excluding hydrogens is 244 g/mol. The van der Waals surface area contributed by atoms with Crippen LogP contribution in [0, 0.1) is 0 Å². The van der Waals surface area contributed by atoms with Crippen LogP contribution in [0.15, 0.2) is 24.3 Å². The average molecular weight is 276 g/mol. The largest absolute Gasteiger partial charge is 0.326 e. The van der Waals surface area contributed by atoms with Crippen LogP contribution < -0.4 is 5.73 Å². The fraction of sp³-hybridized carbons (Fsp3) is 0.667. The first-order valence-corrected chi connectivity index (χ1v) is 8.27. The molecule has 0 aliphatic carbocycles. The molecule has 0 heterocycles. The number of hydrogen-bond donors (Lipinski definition) is 1. The highest BCUT2D eigenvalue weighted by molar-refractivity contribution is 5.23.